The minimum absolute atomic E-state index is 0.120. The zero-order valence-electron chi connectivity index (χ0n) is 12.1. The highest BCUT2D eigenvalue weighted by atomic mass is 16.5. The van der Waals surface area contributed by atoms with E-state index in [1.54, 1.807) is 12.5 Å². The molecule has 0 radical (unpaired) electrons. The molecule has 0 unspecified atom stereocenters. The second-order valence-electron chi connectivity index (χ2n) is 5.67. The van der Waals surface area contributed by atoms with Gasteiger partial charge in [-0.1, -0.05) is 24.4 Å². The van der Waals surface area contributed by atoms with Gasteiger partial charge in [-0.15, -0.1) is 0 Å². The van der Waals surface area contributed by atoms with E-state index in [4.69, 9.17) is 4.52 Å². The fraction of sp³-hybridized carbons (Fsp3) is 0.643. The van der Waals surface area contributed by atoms with E-state index in [-0.39, 0.29) is 5.54 Å². The van der Waals surface area contributed by atoms with Crippen LogP contribution in [0.1, 0.15) is 38.0 Å². The summed E-state index contributed by atoms with van der Waals surface area (Å²) in [7, 11) is 3.96. The minimum Gasteiger partial charge on any atom is -0.339 e. The Morgan fingerprint density at radius 3 is 2.80 bits per heavy atom. The summed E-state index contributed by atoms with van der Waals surface area (Å²) in [4.78, 5) is 8.60. The Morgan fingerprint density at radius 1 is 1.35 bits per heavy atom. The van der Waals surface area contributed by atoms with E-state index in [2.05, 4.69) is 20.4 Å². The minimum atomic E-state index is 0.120. The molecule has 6 heteroatoms. The Bertz CT molecular complexity index is 568. The van der Waals surface area contributed by atoms with Gasteiger partial charge in [0.15, 0.2) is 0 Å². The van der Waals surface area contributed by atoms with Crippen molar-refractivity contribution in [1.29, 1.82) is 0 Å². The third-order valence-corrected chi connectivity index (χ3v) is 4.34. The first-order chi connectivity index (χ1) is 9.72. The van der Waals surface area contributed by atoms with Crippen molar-refractivity contribution in [2.24, 2.45) is 7.05 Å². The Morgan fingerprint density at radius 2 is 2.15 bits per heavy atom. The van der Waals surface area contributed by atoms with Crippen LogP contribution in [0.4, 0.5) is 0 Å². The average molecular weight is 275 g/mol. The van der Waals surface area contributed by atoms with Crippen molar-refractivity contribution in [3.63, 3.8) is 0 Å². The summed E-state index contributed by atoms with van der Waals surface area (Å²) in [5.74, 6) is 1.32. The van der Waals surface area contributed by atoms with Crippen LogP contribution in [0, 0.1) is 0 Å². The van der Waals surface area contributed by atoms with Gasteiger partial charge in [-0.25, -0.2) is 4.98 Å². The number of aromatic nitrogens is 4. The van der Waals surface area contributed by atoms with Crippen molar-refractivity contribution in [3.8, 4) is 11.5 Å². The molecule has 0 atom stereocenters. The Labute approximate surface area is 118 Å². The van der Waals surface area contributed by atoms with E-state index in [9.17, 15) is 0 Å². The zero-order chi connectivity index (χ0) is 14.0. The molecule has 0 saturated heterocycles. The van der Waals surface area contributed by atoms with E-state index < -0.39 is 0 Å². The van der Waals surface area contributed by atoms with Crippen LogP contribution in [0.3, 0.4) is 0 Å². The zero-order valence-corrected chi connectivity index (χ0v) is 12.1. The largest absolute Gasteiger partial charge is 0.339 e. The first-order valence-corrected chi connectivity index (χ1v) is 7.21. The Hall–Kier alpha value is -1.69. The normalized spacial score (nSPS) is 18.3. The lowest BCUT2D eigenvalue weighted by Gasteiger charge is -2.36. The highest BCUT2D eigenvalue weighted by Gasteiger charge is 2.32. The fourth-order valence-electron chi connectivity index (χ4n) is 3.04. The summed E-state index contributed by atoms with van der Waals surface area (Å²) < 4.78 is 7.32. The van der Waals surface area contributed by atoms with Gasteiger partial charge in [0, 0.05) is 19.0 Å². The maximum atomic E-state index is 5.43. The van der Waals surface area contributed by atoms with Crippen LogP contribution in [0.2, 0.25) is 0 Å². The lowest BCUT2D eigenvalue weighted by atomic mass is 9.79. The summed E-state index contributed by atoms with van der Waals surface area (Å²) in [5, 5.41) is 7.55. The first kappa shape index (κ1) is 13.3. The molecule has 0 bridgehead atoms. The third kappa shape index (κ3) is 2.47. The molecule has 20 heavy (non-hydrogen) atoms. The first-order valence-electron chi connectivity index (χ1n) is 7.21. The molecule has 108 valence electrons. The average Bonchev–Trinajstić information content (AvgIpc) is 3.08. The molecular weight excluding hydrogens is 254 g/mol. The van der Waals surface area contributed by atoms with Crippen molar-refractivity contribution in [2.75, 3.05) is 7.05 Å². The number of likely N-dealkylation sites (N-methyl/N-ethyl adjacent to an activating group) is 1. The molecule has 0 spiro atoms. The number of nitrogens with one attached hydrogen (secondary N) is 1. The second kappa shape index (κ2) is 5.36. The lowest BCUT2D eigenvalue weighted by molar-refractivity contribution is 0.221. The van der Waals surface area contributed by atoms with Crippen molar-refractivity contribution in [1.82, 2.24) is 25.0 Å². The van der Waals surface area contributed by atoms with Crippen molar-refractivity contribution in [2.45, 2.75) is 44.1 Å². The molecule has 2 aromatic rings. The van der Waals surface area contributed by atoms with E-state index in [1.807, 2.05) is 18.7 Å². The fourth-order valence-corrected chi connectivity index (χ4v) is 3.04. The number of aryl methyl sites for hydroxylation is 1. The molecule has 0 aliphatic heterocycles. The van der Waals surface area contributed by atoms with Crippen molar-refractivity contribution in [3.05, 3.63) is 18.4 Å². The van der Waals surface area contributed by atoms with Crippen LogP contribution in [-0.4, -0.2) is 32.3 Å². The molecular formula is C14H21N5O. The lowest BCUT2D eigenvalue weighted by Crippen LogP contribution is -2.46. The van der Waals surface area contributed by atoms with Gasteiger partial charge in [-0.2, -0.15) is 4.98 Å². The monoisotopic (exact) mass is 275 g/mol. The third-order valence-electron chi connectivity index (χ3n) is 4.34. The van der Waals surface area contributed by atoms with Gasteiger partial charge in [0.1, 0.15) is 5.69 Å². The Kier molecular flexibility index (Phi) is 3.56. The van der Waals surface area contributed by atoms with Gasteiger partial charge in [0.05, 0.1) is 12.5 Å². The topological polar surface area (TPSA) is 68.8 Å². The number of imidazole rings is 1. The SMILES string of the molecule is CNC1(Cc2nc(-c3cncn3C)no2)CCCCC1. The van der Waals surface area contributed by atoms with Gasteiger partial charge in [0.25, 0.3) is 0 Å². The predicted octanol–water partition coefficient (Wildman–Crippen LogP) is 1.93. The molecule has 2 heterocycles. The summed E-state index contributed by atoms with van der Waals surface area (Å²) >= 11 is 0. The summed E-state index contributed by atoms with van der Waals surface area (Å²) in [5.41, 5.74) is 0.997. The molecule has 2 aromatic heterocycles. The summed E-state index contributed by atoms with van der Waals surface area (Å²) in [6.07, 6.45) is 10.5. The Balaban J connectivity index is 1.78. The molecule has 0 aromatic carbocycles. The molecule has 1 aliphatic carbocycles. The van der Waals surface area contributed by atoms with Crippen molar-refractivity contribution < 1.29 is 4.52 Å². The molecule has 6 nitrogen and oxygen atoms in total. The van der Waals surface area contributed by atoms with E-state index >= 15 is 0 Å². The van der Waals surface area contributed by atoms with Crippen LogP contribution in [-0.2, 0) is 13.5 Å². The van der Waals surface area contributed by atoms with Crippen LogP contribution >= 0.6 is 0 Å². The number of rotatable bonds is 4. The van der Waals surface area contributed by atoms with Crippen LogP contribution < -0.4 is 5.32 Å². The van der Waals surface area contributed by atoms with Gasteiger partial charge < -0.3 is 14.4 Å². The molecule has 0 amide bonds. The highest BCUT2D eigenvalue weighted by molar-refractivity contribution is 5.47. The number of nitrogens with zero attached hydrogens (tertiary/aromatic N) is 4. The van der Waals surface area contributed by atoms with Gasteiger partial charge in [-0.05, 0) is 19.9 Å². The smallest absolute Gasteiger partial charge is 0.228 e. The standard InChI is InChI=1S/C14H21N5O/c1-15-14(6-4-3-5-7-14)8-12-17-13(18-20-12)11-9-16-10-19(11)2/h9-10,15H,3-8H2,1-2H3. The maximum Gasteiger partial charge on any atom is 0.228 e. The summed E-state index contributed by atoms with van der Waals surface area (Å²) in [6.45, 7) is 0. The number of hydrogen-bond donors (Lipinski definition) is 1. The van der Waals surface area contributed by atoms with Crippen molar-refractivity contribution >= 4 is 0 Å². The van der Waals surface area contributed by atoms with Crippen LogP contribution in [0.15, 0.2) is 17.0 Å². The quantitative estimate of drug-likeness (QED) is 0.923. The highest BCUT2D eigenvalue weighted by Crippen LogP contribution is 2.31. The molecule has 1 fully saturated rings. The van der Waals surface area contributed by atoms with Gasteiger partial charge in [-0.3, -0.25) is 0 Å². The molecule has 1 aliphatic rings. The molecule has 1 N–H and O–H groups in total. The predicted molar refractivity (Wildman–Crippen MR) is 75.1 cm³/mol. The molecule has 3 rings (SSSR count). The van der Waals surface area contributed by atoms with E-state index in [1.165, 1.54) is 32.1 Å². The second-order valence-corrected chi connectivity index (χ2v) is 5.67. The van der Waals surface area contributed by atoms with E-state index in [0.29, 0.717) is 11.7 Å². The van der Waals surface area contributed by atoms with Crippen LogP contribution in [0.5, 0.6) is 0 Å². The van der Waals surface area contributed by atoms with Crippen LogP contribution in [0.25, 0.3) is 11.5 Å². The summed E-state index contributed by atoms with van der Waals surface area (Å²) in [6, 6.07) is 0. The van der Waals surface area contributed by atoms with E-state index in [0.717, 1.165) is 12.1 Å². The number of hydrogen-bond acceptors (Lipinski definition) is 5. The van der Waals surface area contributed by atoms with Gasteiger partial charge >= 0.3 is 0 Å². The van der Waals surface area contributed by atoms with Gasteiger partial charge in [0.2, 0.25) is 11.7 Å². The maximum absolute atomic E-state index is 5.43. The molecule has 1 saturated carbocycles.